The maximum absolute atomic E-state index is 11.3. The second-order valence-corrected chi connectivity index (χ2v) is 5.62. The topological polar surface area (TPSA) is 94.7 Å². The van der Waals surface area contributed by atoms with E-state index in [1.807, 2.05) is 6.07 Å². The molecule has 0 bridgehead atoms. The number of phenolic OH excluding ortho intramolecular Hbond substituents is 1. The Balaban J connectivity index is 0.000000156. The maximum atomic E-state index is 11.3. The summed E-state index contributed by atoms with van der Waals surface area (Å²) in [7, 11) is 1.57. The zero-order chi connectivity index (χ0) is 19.2. The summed E-state index contributed by atoms with van der Waals surface area (Å²) >= 11 is 0. The van der Waals surface area contributed by atoms with Crippen molar-refractivity contribution in [1.29, 1.82) is 0 Å². The number of hydrogen-bond donors (Lipinski definition) is 1. The quantitative estimate of drug-likeness (QED) is 0.431. The maximum Gasteiger partial charge on any atom is 0.188 e. The molecule has 0 unspecified atom stereocenters. The summed E-state index contributed by atoms with van der Waals surface area (Å²) in [5.41, 5.74) is 2.39. The minimum absolute atomic E-state index is 0.0105. The summed E-state index contributed by atoms with van der Waals surface area (Å²) in [6.07, 6.45) is 4.84. The molecule has 27 heavy (non-hydrogen) atoms. The average molecular weight is 366 g/mol. The van der Waals surface area contributed by atoms with Crippen LogP contribution in [-0.4, -0.2) is 34.8 Å². The van der Waals surface area contributed by atoms with E-state index in [0.717, 1.165) is 10.9 Å². The van der Waals surface area contributed by atoms with Crippen LogP contribution in [0.3, 0.4) is 0 Å². The fourth-order valence-corrected chi connectivity index (χ4v) is 2.52. The zero-order valence-electron chi connectivity index (χ0n) is 14.9. The molecule has 1 N–H and O–H groups in total. The second-order valence-electron chi connectivity index (χ2n) is 5.62. The lowest BCUT2D eigenvalue weighted by atomic mass is 10.1. The molecule has 0 aliphatic carbocycles. The van der Waals surface area contributed by atoms with Crippen LogP contribution >= 0.6 is 0 Å². The fraction of sp³-hybridized carbons (Fsp3) is 0.150. The molecular weight excluding hydrogens is 348 g/mol. The molecular formula is C20H18N2O5. The normalized spacial score (nSPS) is 10.4. The van der Waals surface area contributed by atoms with Crippen molar-refractivity contribution in [3.05, 3.63) is 60.6 Å². The van der Waals surface area contributed by atoms with Gasteiger partial charge in [-0.25, -0.2) is 4.98 Å². The first-order valence-corrected chi connectivity index (χ1v) is 8.12. The van der Waals surface area contributed by atoms with Crippen LogP contribution in [0.15, 0.2) is 59.5 Å². The number of nitrogens with zero attached hydrogens (tertiary/aromatic N) is 2. The van der Waals surface area contributed by atoms with E-state index in [9.17, 15) is 9.90 Å². The standard InChI is InChI=1S/C11H9NO2.C9H9NO3/c1-7(13)10-9(14)5-4-8-3-2-6-12-11(8)10;1-11-6-13-7-4-9-8(10-5-7)2-3-12-9/h2-6,14H,1H3;2-5H,6H2,1H3. The van der Waals surface area contributed by atoms with Crippen molar-refractivity contribution in [2.45, 2.75) is 6.92 Å². The van der Waals surface area contributed by atoms with E-state index in [2.05, 4.69) is 9.97 Å². The van der Waals surface area contributed by atoms with Gasteiger partial charge in [0.1, 0.15) is 17.0 Å². The third-order valence-electron chi connectivity index (χ3n) is 3.73. The SMILES string of the molecule is CC(=O)c1c(O)ccc2cccnc12.COCOc1cnc2ccoc2c1. The highest BCUT2D eigenvalue weighted by atomic mass is 16.7. The zero-order valence-corrected chi connectivity index (χ0v) is 14.9. The minimum Gasteiger partial charge on any atom is -0.507 e. The first-order chi connectivity index (χ1) is 13.1. The first kappa shape index (κ1) is 18.3. The molecule has 0 radical (unpaired) electrons. The molecule has 0 aliphatic heterocycles. The van der Waals surface area contributed by atoms with Crippen molar-refractivity contribution in [3.63, 3.8) is 0 Å². The molecule has 0 amide bonds. The van der Waals surface area contributed by atoms with Crippen molar-refractivity contribution in [2.75, 3.05) is 13.9 Å². The highest BCUT2D eigenvalue weighted by Gasteiger charge is 2.11. The van der Waals surface area contributed by atoms with Gasteiger partial charge in [-0.3, -0.25) is 9.78 Å². The van der Waals surface area contributed by atoms with Gasteiger partial charge in [-0.15, -0.1) is 0 Å². The molecule has 0 saturated carbocycles. The predicted octanol–water partition coefficient (Wildman–Crippen LogP) is 3.95. The van der Waals surface area contributed by atoms with E-state index in [1.165, 1.54) is 13.0 Å². The number of pyridine rings is 2. The smallest absolute Gasteiger partial charge is 0.188 e. The third-order valence-corrected chi connectivity index (χ3v) is 3.73. The van der Waals surface area contributed by atoms with E-state index in [0.29, 0.717) is 22.4 Å². The van der Waals surface area contributed by atoms with Crippen molar-refractivity contribution in [3.8, 4) is 11.5 Å². The number of furan rings is 1. The molecule has 4 rings (SSSR count). The van der Waals surface area contributed by atoms with Crippen LogP contribution in [0.1, 0.15) is 17.3 Å². The summed E-state index contributed by atoms with van der Waals surface area (Å²) in [5, 5.41) is 10.4. The first-order valence-electron chi connectivity index (χ1n) is 8.12. The predicted molar refractivity (Wildman–Crippen MR) is 99.9 cm³/mol. The number of aromatic nitrogens is 2. The highest BCUT2D eigenvalue weighted by molar-refractivity contribution is 6.07. The number of benzene rings is 1. The van der Waals surface area contributed by atoms with E-state index in [4.69, 9.17) is 13.9 Å². The Morgan fingerprint density at radius 2 is 2.07 bits per heavy atom. The Kier molecular flexibility index (Phi) is 5.63. The van der Waals surface area contributed by atoms with Crippen molar-refractivity contribution in [1.82, 2.24) is 9.97 Å². The number of hydrogen-bond acceptors (Lipinski definition) is 7. The molecule has 3 heterocycles. The number of phenols is 1. The molecule has 0 spiro atoms. The van der Waals surface area contributed by atoms with Gasteiger partial charge in [-0.2, -0.15) is 0 Å². The molecule has 0 saturated heterocycles. The summed E-state index contributed by atoms with van der Waals surface area (Å²) in [6.45, 7) is 1.64. The molecule has 0 atom stereocenters. The fourth-order valence-electron chi connectivity index (χ4n) is 2.52. The summed E-state index contributed by atoms with van der Waals surface area (Å²) in [5.74, 6) is 0.458. The number of Topliss-reactive ketones (excluding diaryl/α,β-unsaturated/α-hetero) is 1. The van der Waals surface area contributed by atoms with E-state index in [-0.39, 0.29) is 18.3 Å². The largest absolute Gasteiger partial charge is 0.507 e. The van der Waals surface area contributed by atoms with Crippen molar-refractivity contribution >= 4 is 27.8 Å². The van der Waals surface area contributed by atoms with Crippen LogP contribution in [0.25, 0.3) is 22.0 Å². The number of rotatable bonds is 4. The lowest BCUT2D eigenvalue weighted by molar-refractivity contribution is 0.0509. The number of ketones is 1. The number of fused-ring (bicyclic) bond motifs is 2. The summed E-state index contributed by atoms with van der Waals surface area (Å²) in [6, 6.07) is 10.5. The Labute approximate surface area is 155 Å². The van der Waals surface area contributed by atoms with Gasteiger partial charge in [0.05, 0.1) is 23.5 Å². The molecule has 0 aliphatic rings. The van der Waals surface area contributed by atoms with Gasteiger partial charge >= 0.3 is 0 Å². The molecule has 7 heteroatoms. The van der Waals surface area contributed by atoms with Gasteiger partial charge in [-0.1, -0.05) is 6.07 Å². The van der Waals surface area contributed by atoms with Gasteiger partial charge < -0.3 is 19.0 Å². The summed E-state index contributed by atoms with van der Waals surface area (Å²) in [4.78, 5) is 19.5. The Morgan fingerprint density at radius 3 is 2.85 bits per heavy atom. The monoisotopic (exact) mass is 366 g/mol. The van der Waals surface area contributed by atoms with Crippen molar-refractivity contribution < 1.29 is 23.8 Å². The van der Waals surface area contributed by atoms with Crippen LogP contribution in [0.4, 0.5) is 0 Å². The van der Waals surface area contributed by atoms with Gasteiger partial charge in [0, 0.05) is 30.8 Å². The van der Waals surface area contributed by atoms with Gasteiger partial charge in [0.25, 0.3) is 0 Å². The number of ether oxygens (including phenoxy) is 2. The van der Waals surface area contributed by atoms with Crippen molar-refractivity contribution in [2.24, 2.45) is 0 Å². The highest BCUT2D eigenvalue weighted by Crippen LogP contribution is 2.25. The van der Waals surface area contributed by atoms with Gasteiger partial charge in [0.15, 0.2) is 18.2 Å². The molecule has 7 nitrogen and oxygen atoms in total. The Hall–Kier alpha value is -3.45. The number of methoxy groups -OCH3 is 1. The van der Waals surface area contributed by atoms with E-state index < -0.39 is 0 Å². The van der Waals surface area contributed by atoms with Gasteiger partial charge in [0.2, 0.25) is 0 Å². The number of carbonyl (C=O) groups excluding carboxylic acids is 1. The third kappa shape index (κ3) is 4.21. The van der Waals surface area contributed by atoms with E-state index >= 15 is 0 Å². The molecule has 4 aromatic rings. The molecule has 0 fully saturated rings. The average Bonchev–Trinajstić information content (AvgIpc) is 3.14. The van der Waals surface area contributed by atoms with Crippen LogP contribution in [-0.2, 0) is 4.74 Å². The molecule has 3 aromatic heterocycles. The van der Waals surface area contributed by atoms with Crippen LogP contribution in [0.2, 0.25) is 0 Å². The lowest BCUT2D eigenvalue weighted by Crippen LogP contribution is -1.98. The van der Waals surface area contributed by atoms with Crippen LogP contribution in [0.5, 0.6) is 11.5 Å². The number of aromatic hydroxyl groups is 1. The van der Waals surface area contributed by atoms with Gasteiger partial charge in [-0.05, 0) is 25.1 Å². The minimum atomic E-state index is -0.174. The lowest BCUT2D eigenvalue weighted by Gasteiger charge is -2.04. The van der Waals surface area contributed by atoms with E-state index in [1.54, 1.807) is 50.0 Å². The molecule has 138 valence electrons. The Morgan fingerprint density at radius 1 is 1.22 bits per heavy atom. The number of carbonyl (C=O) groups is 1. The second kappa shape index (κ2) is 8.29. The molecule has 1 aromatic carbocycles. The Bertz CT molecular complexity index is 1070. The van der Waals surface area contributed by atoms with Crippen LogP contribution < -0.4 is 4.74 Å². The summed E-state index contributed by atoms with van der Waals surface area (Å²) < 4.78 is 15.1. The van der Waals surface area contributed by atoms with Crippen LogP contribution in [0, 0.1) is 0 Å².